The maximum Gasteiger partial charge on any atom is 0.248 e. The van der Waals surface area contributed by atoms with E-state index < -0.39 is 5.41 Å². The number of aromatic nitrogens is 2. The first-order valence-electron chi connectivity index (χ1n) is 7.88. The number of amides is 1. The first kappa shape index (κ1) is 16.0. The summed E-state index contributed by atoms with van der Waals surface area (Å²) in [6.07, 6.45) is 3.73. The van der Waals surface area contributed by atoms with Crippen LogP contribution in [0.2, 0.25) is 5.02 Å². The molecule has 1 atom stereocenters. The van der Waals surface area contributed by atoms with Crippen LogP contribution < -0.4 is 5.32 Å². The molecular weight excluding hydrogens is 314 g/mol. The molecule has 3 rings (SSSR count). The van der Waals surface area contributed by atoms with Gasteiger partial charge in [-0.3, -0.25) is 4.79 Å². The summed E-state index contributed by atoms with van der Waals surface area (Å²) < 4.78 is 5.15. The smallest absolute Gasteiger partial charge is 0.248 e. The van der Waals surface area contributed by atoms with Gasteiger partial charge < -0.3 is 9.84 Å². The lowest BCUT2D eigenvalue weighted by Crippen LogP contribution is -2.43. The molecule has 1 aromatic carbocycles. The van der Waals surface area contributed by atoms with Crippen LogP contribution in [-0.4, -0.2) is 16.0 Å². The second-order valence-electron chi connectivity index (χ2n) is 6.17. The molecule has 5 nitrogen and oxygen atoms in total. The van der Waals surface area contributed by atoms with Gasteiger partial charge in [0, 0.05) is 5.02 Å². The van der Waals surface area contributed by atoms with Crippen molar-refractivity contribution in [3.63, 3.8) is 0 Å². The van der Waals surface area contributed by atoms with Gasteiger partial charge in [0.1, 0.15) is 6.04 Å². The number of rotatable bonds is 4. The van der Waals surface area contributed by atoms with E-state index in [1.807, 2.05) is 31.2 Å². The molecule has 0 aliphatic heterocycles. The fraction of sp³-hybridized carbons (Fsp3) is 0.471. The number of benzene rings is 1. The van der Waals surface area contributed by atoms with Crippen molar-refractivity contribution in [1.82, 2.24) is 15.5 Å². The average Bonchev–Trinajstić information content (AvgIpc) is 3.16. The van der Waals surface area contributed by atoms with E-state index in [0.717, 1.165) is 31.2 Å². The molecule has 1 fully saturated rings. The van der Waals surface area contributed by atoms with Crippen LogP contribution in [0.15, 0.2) is 28.8 Å². The van der Waals surface area contributed by atoms with Crippen molar-refractivity contribution in [3.05, 3.63) is 46.6 Å². The van der Waals surface area contributed by atoms with Gasteiger partial charge in [0.2, 0.25) is 11.8 Å². The highest BCUT2D eigenvalue weighted by Gasteiger charge is 2.43. The lowest BCUT2D eigenvalue weighted by atomic mass is 9.78. The Kier molecular flexibility index (Phi) is 4.39. The van der Waals surface area contributed by atoms with E-state index in [-0.39, 0.29) is 11.9 Å². The molecule has 122 valence electrons. The van der Waals surface area contributed by atoms with Crippen molar-refractivity contribution in [1.29, 1.82) is 0 Å². The molecule has 0 bridgehead atoms. The highest BCUT2D eigenvalue weighted by atomic mass is 35.5. The second kappa shape index (κ2) is 6.32. The van der Waals surface area contributed by atoms with Crippen LogP contribution in [-0.2, 0) is 10.2 Å². The van der Waals surface area contributed by atoms with Crippen LogP contribution in [0.5, 0.6) is 0 Å². The Hall–Kier alpha value is -1.88. The minimum Gasteiger partial charge on any atom is -0.344 e. The van der Waals surface area contributed by atoms with Crippen molar-refractivity contribution >= 4 is 17.5 Å². The summed E-state index contributed by atoms with van der Waals surface area (Å²) in [6.45, 7) is 3.61. The third-order valence-electron chi connectivity index (χ3n) is 4.53. The molecular formula is C17H20ClN3O2. The van der Waals surface area contributed by atoms with Crippen LogP contribution in [0.1, 0.15) is 55.9 Å². The Bertz CT molecular complexity index is 707. The zero-order valence-corrected chi connectivity index (χ0v) is 14.1. The Morgan fingerprint density at radius 3 is 2.74 bits per heavy atom. The first-order chi connectivity index (χ1) is 11.0. The molecule has 0 spiro atoms. The third-order valence-corrected chi connectivity index (χ3v) is 4.77. The van der Waals surface area contributed by atoms with Crippen LogP contribution in [0.25, 0.3) is 0 Å². The highest BCUT2D eigenvalue weighted by Crippen LogP contribution is 2.42. The van der Waals surface area contributed by atoms with Crippen molar-refractivity contribution in [2.45, 2.75) is 51.0 Å². The summed E-state index contributed by atoms with van der Waals surface area (Å²) in [5.41, 5.74) is 0.461. The second-order valence-corrected chi connectivity index (χ2v) is 6.61. The molecule has 1 saturated carbocycles. The molecule has 1 aromatic heterocycles. The predicted molar refractivity (Wildman–Crippen MR) is 87.2 cm³/mol. The van der Waals surface area contributed by atoms with Gasteiger partial charge in [0.05, 0.1) is 5.41 Å². The van der Waals surface area contributed by atoms with Gasteiger partial charge in [-0.1, -0.05) is 41.7 Å². The van der Waals surface area contributed by atoms with Crippen molar-refractivity contribution in [2.24, 2.45) is 0 Å². The average molecular weight is 334 g/mol. The van der Waals surface area contributed by atoms with E-state index in [4.69, 9.17) is 16.1 Å². The number of carbonyl (C=O) groups is 1. The lowest BCUT2D eigenvalue weighted by Gasteiger charge is -2.29. The Morgan fingerprint density at radius 1 is 1.39 bits per heavy atom. The molecule has 1 heterocycles. The minimum absolute atomic E-state index is 0.000574. The topological polar surface area (TPSA) is 68.0 Å². The van der Waals surface area contributed by atoms with Crippen LogP contribution >= 0.6 is 11.6 Å². The van der Waals surface area contributed by atoms with Crippen LogP contribution in [0.3, 0.4) is 0 Å². The van der Waals surface area contributed by atoms with Crippen LogP contribution in [0, 0.1) is 6.92 Å². The number of halogens is 1. The summed E-state index contributed by atoms with van der Waals surface area (Å²) in [6, 6.07) is 7.29. The Labute approximate surface area is 140 Å². The van der Waals surface area contributed by atoms with Crippen molar-refractivity contribution < 1.29 is 9.32 Å². The number of nitrogens with one attached hydrogen (secondary N) is 1. The van der Waals surface area contributed by atoms with Gasteiger partial charge in [-0.05, 0) is 44.4 Å². The Morgan fingerprint density at radius 2 is 2.13 bits per heavy atom. The molecule has 0 saturated heterocycles. The number of hydrogen-bond acceptors (Lipinski definition) is 4. The van der Waals surface area contributed by atoms with Gasteiger partial charge >= 0.3 is 0 Å². The highest BCUT2D eigenvalue weighted by molar-refractivity contribution is 6.30. The van der Waals surface area contributed by atoms with Crippen LogP contribution in [0.4, 0.5) is 0 Å². The quantitative estimate of drug-likeness (QED) is 0.925. The number of carbonyl (C=O) groups excluding carboxylic acids is 1. The zero-order valence-electron chi connectivity index (χ0n) is 13.3. The number of nitrogens with zero attached hydrogens (tertiary/aromatic N) is 2. The lowest BCUT2D eigenvalue weighted by molar-refractivity contribution is -0.127. The molecule has 0 radical (unpaired) electrons. The summed E-state index contributed by atoms with van der Waals surface area (Å²) >= 11 is 6.13. The largest absolute Gasteiger partial charge is 0.344 e. The summed E-state index contributed by atoms with van der Waals surface area (Å²) in [5, 5.41) is 7.46. The minimum atomic E-state index is -0.520. The van der Waals surface area contributed by atoms with E-state index in [0.29, 0.717) is 16.7 Å². The molecule has 2 aromatic rings. The van der Waals surface area contributed by atoms with E-state index in [1.165, 1.54) is 0 Å². The van der Waals surface area contributed by atoms with Gasteiger partial charge in [-0.15, -0.1) is 0 Å². The summed E-state index contributed by atoms with van der Waals surface area (Å²) in [5.74, 6) is 0.988. The van der Waals surface area contributed by atoms with E-state index in [1.54, 1.807) is 6.92 Å². The summed E-state index contributed by atoms with van der Waals surface area (Å²) in [7, 11) is 0. The van der Waals surface area contributed by atoms with E-state index in [2.05, 4.69) is 15.5 Å². The maximum atomic E-state index is 13.0. The maximum absolute atomic E-state index is 13.0. The molecule has 23 heavy (non-hydrogen) atoms. The third kappa shape index (κ3) is 3.11. The van der Waals surface area contributed by atoms with Gasteiger partial charge in [-0.25, -0.2) is 0 Å². The standard InChI is InChI=1S/C17H20ClN3O2/c1-11(15-20-12(2)21-23-15)19-16(22)17(8-3-4-9-17)13-6-5-7-14(18)10-13/h5-7,10-11H,3-4,8-9H2,1-2H3,(H,19,22)/t11-/m1/s1. The van der Waals surface area contributed by atoms with Gasteiger partial charge in [0.25, 0.3) is 0 Å². The molecule has 1 amide bonds. The number of aryl methyl sites for hydroxylation is 1. The Balaban J connectivity index is 1.85. The normalized spacial score (nSPS) is 17.9. The van der Waals surface area contributed by atoms with Crippen molar-refractivity contribution in [2.75, 3.05) is 0 Å². The molecule has 1 N–H and O–H groups in total. The monoisotopic (exact) mass is 333 g/mol. The SMILES string of the molecule is Cc1noc([C@@H](C)NC(=O)C2(c3cccc(Cl)c3)CCCC2)n1. The fourth-order valence-electron chi connectivity index (χ4n) is 3.30. The van der Waals surface area contributed by atoms with Gasteiger partial charge in [-0.2, -0.15) is 4.98 Å². The molecule has 0 unspecified atom stereocenters. The molecule has 1 aliphatic rings. The number of hydrogen-bond donors (Lipinski definition) is 1. The first-order valence-corrected chi connectivity index (χ1v) is 8.26. The van der Waals surface area contributed by atoms with Crippen molar-refractivity contribution in [3.8, 4) is 0 Å². The molecule has 6 heteroatoms. The van der Waals surface area contributed by atoms with E-state index >= 15 is 0 Å². The van der Waals surface area contributed by atoms with Gasteiger partial charge in [0.15, 0.2) is 5.82 Å². The fourth-order valence-corrected chi connectivity index (χ4v) is 3.49. The predicted octanol–water partition coefficient (Wildman–Crippen LogP) is 3.72. The summed E-state index contributed by atoms with van der Waals surface area (Å²) in [4.78, 5) is 17.2. The molecule has 1 aliphatic carbocycles. The zero-order chi connectivity index (χ0) is 16.4. The van der Waals surface area contributed by atoms with E-state index in [9.17, 15) is 4.79 Å².